The van der Waals surface area contributed by atoms with Crippen LogP contribution in [0.3, 0.4) is 0 Å². The quantitative estimate of drug-likeness (QED) is 0.876. The highest BCUT2D eigenvalue weighted by atomic mass is 79.9. The van der Waals surface area contributed by atoms with Gasteiger partial charge in [-0.05, 0) is 42.0 Å². The molecule has 5 heteroatoms. The van der Waals surface area contributed by atoms with Gasteiger partial charge in [-0.15, -0.1) is 0 Å². The van der Waals surface area contributed by atoms with Gasteiger partial charge in [-0.1, -0.05) is 27.5 Å². The summed E-state index contributed by atoms with van der Waals surface area (Å²) in [5.74, 6) is 0.793. The van der Waals surface area contributed by atoms with Crippen molar-refractivity contribution in [3.63, 3.8) is 0 Å². The average Bonchev–Trinajstić information content (AvgIpc) is 2.48. The van der Waals surface area contributed by atoms with E-state index < -0.39 is 0 Å². The third-order valence-corrected chi connectivity index (χ3v) is 3.92. The van der Waals surface area contributed by atoms with Crippen LogP contribution >= 0.6 is 27.5 Å². The summed E-state index contributed by atoms with van der Waals surface area (Å²) in [6, 6.07) is 13.0. The molecule has 0 aliphatic heterocycles. The molecule has 102 valence electrons. The van der Waals surface area contributed by atoms with E-state index in [2.05, 4.69) is 27.3 Å². The first-order valence-corrected chi connectivity index (χ1v) is 7.07. The molecule has 0 atom stereocenters. The molecule has 0 amide bonds. The number of ether oxygens (including phenoxy) is 1. The second-order valence-electron chi connectivity index (χ2n) is 4.12. The smallest absolute Gasteiger partial charge is 0.119 e. The van der Waals surface area contributed by atoms with Gasteiger partial charge >= 0.3 is 0 Å². The van der Waals surface area contributed by atoms with Crippen LogP contribution in [-0.2, 0) is 6.54 Å². The van der Waals surface area contributed by atoms with E-state index in [1.807, 2.05) is 18.2 Å². The van der Waals surface area contributed by atoms with Crippen LogP contribution < -0.4 is 10.1 Å². The largest absolute Gasteiger partial charge is 0.497 e. The highest BCUT2D eigenvalue weighted by molar-refractivity contribution is 9.10. The first-order chi connectivity index (χ1) is 9.63. The standard InChI is InChI=1S/C15H12BrClN2O/c1-20-12-3-4-13(16)11(7-12)9-19-15-6-10(8-18)2-5-14(15)17/h2-7,19H,9H2,1H3. The van der Waals surface area contributed by atoms with Crippen LogP contribution in [0.25, 0.3) is 0 Å². The lowest BCUT2D eigenvalue weighted by Crippen LogP contribution is -2.01. The van der Waals surface area contributed by atoms with Crippen LogP contribution in [0, 0.1) is 11.3 Å². The highest BCUT2D eigenvalue weighted by Gasteiger charge is 2.05. The van der Waals surface area contributed by atoms with Crippen molar-refractivity contribution in [3.05, 3.63) is 57.0 Å². The van der Waals surface area contributed by atoms with Crippen molar-refractivity contribution in [3.8, 4) is 11.8 Å². The van der Waals surface area contributed by atoms with Crippen molar-refractivity contribution in [2.45, 2.75) is 6.54 Å². The molecule has 0 aliphatic carbocycles. The molecule has 0 unspecified atom stereocenters. The SMILES string of the molecule is COc1ccc(Br)c(CNc2cc(C#N)ccc2Cl)c1. The Kier molecular flexibility index (Phi) is 4.89. The lowest BCUT2D eigenvalue weighted by molar-refractivity contribution is 0.414. The summed E-state index contributed by atoms with van der Waals surface area (Å²) >= 11 is 9.61. The van der Waals surface area contributed by atoms with E-state index in [1.165, 1.54) is 0 Å². The number of nitrogens with one attached hydrogen (secondary N) is 1. The fraction of sp³-hybridized carbons (Fsp3) is 0.133. The summed E-state index contributed by atoms with van der Waals surface area (Å²) in [6.45, 7) is 0.576. The summed E-state index contributed by atoms with van der Waals surface area (Å²) in [4.78, 5) is 0. The molecule has 2 rings (SSSR count). The number of nitriles is 1. The lowest BCUT2D eigenvalue weighted by Gasteiger charge is -2.11. The molecule has 0 aromatic heterocycles. The van der Waals surface area contributed by atoms with Gasteiger partial charge < -0.3 is 10.1 Å². The molecule has 0 saturated carbocycles. The van der Waals surface area contributed by atoms with Crippen molar-refractivity contribution in [1.29, 1.82) is 5.26 Å². The Hall–Kier alpha value is -1.70. The monoisotopic (exact) mass is 350 g/mol. The normalized spacial score (nSPS) is 9.90. The van der Waals surface area contributed by atoms with Crippen molar-refractivity contribution >= 4 is 33.2 Å². The minimum Gasteiger partial charge on any atom is -0.497 e. The molecule has 2 aromatic rings. The minimum atomic E-state index is 0.571. The van der Waals surface area contributed by atoms with E-state index >= 15 is 0 Å². The van der Waals surface area contributed by atoms with Crippen LogP contribution in [0.4, 0.5) is 5.69 Å². The minimum absolute atomic E-state index is 0.571. The molecule has 0 radical (unpaired) electrons. The van der Waals surface area contributed by atoms with Crippen LogP contribution in [0.5, 0.6) is 5.75 Å². The predicted molar refractivity (Wildman–Crippen MR) is 84.2 cm³/mol. The number of hydrogen-bond acceptors (Lipinski definition) is 3. The molecule has 0 saturated heterocycles. The maximum Gasteiger partial charge on any atom is 0.119 e. The molecule has 0 heterocycles. The molecular weight excluding hydrogens is 340 g/mol. The van der Waals surface area contributed by atoms with Gasteiger partial charge in [0.15, 0.2) is 0 Å². The first kappa shape index (κ1) is 14.7. The molecule has 0 aliphatic rings. The van der Waals surface area contributed by atoms with Crippen LogP contribution in [0.1, 0.15) is 11.1 Å². The Morgan fingerprint density at radius 2 is 2.10 bits per heavy atom. The second-order valence-corrected chi connectivity index (χ2v) is 5.38. The maximum atomic E-state index is 8.91. The first-order valence-electron chi connectivity index (χ1n) is 5.90. The molecular formula is C15H12BrClN2O. The summed E-state index contributed by atoms with van der Waals surface area (Å²) < 4.78 is 6.19. The second kappa shape index (κ2) is 6.65. The van der Waals surface area contributed by atoms with Gasteiger partial charge in [0.2, 0.25) is 0 Å². The molecule has 2 aromatic carbocycles. The number of methoxy groups -OCH3 is 1. The van der Waals surface area contributed by atoms with E-state index in [4.69, 9.17) is 21.6 Å². The lowest BCUT2D eigenvalue weighted by atomic mass is 10.2. The summed E-state index contributed by atoms with van der Waals surface area (Å²) in [7, 11) is 1.63. The van der Waals surface area contributed by atoms with Crippen molar-refractivity contribution < 1.29 is 4.74 Å². The molecule has 1 N–H and O–H groups in total. The molecule has 3 nitrogen and oxygen atoms in total. The Morgan fingerprint density at radius 3 is 2.80 bits per heavy atom. The number of hydrogen-bond donors (Lipinski definition) is 1. The van der Waals surface area contributed by atoms with Gasteiger partial charge in [0.05, 0.1) is 29.5 Å². The van der Waals surface area contributed by atoms with Gasteiger partial charge in [-0.2, -0.15) is 5.26 Å². The number of benzene rings is 2. The number of halogens is 2. The van der Waals surface area contributed by atoms with Gasteiger partial charge in [-0.25, -0.2) is 0 Å². The fourth-order valence-electron chi connectivity index (χ4n) is 1.73. The number of rotatable bonds is 4. The van der Waals surface area contributed by atoms with Crippen molar-refractivity contribution in [2.75, 3.05) is 12.4 Å². The van der Waals surface area contributed by atoms with Crippen LogP contribution in [-0.4, -0.2) is 7.11 Å². The van der Waals surface area contributed by atoms with E-state index in [1.54, 1.807) is 25.3 Å². The molecule has 0 bridgehead atoms. The summed E-state index contributed by atoms with van der Waals surface area (Å²) in [5, 5.41) is 12.7. The fourth-order valence-corrected chi connectivity index (χ4v) is 2.31. The third-order valence-electron chi connectivity index (χ3n) is 2.82. The van der Waals surface area contributed by atoms with Gasteiger partial charge in [0.25, 0.3) is 0 Å². The predicted octanol–water partition coefficient (Wildman–Crippen LogP) is 4.59. The third kappa shape index (κ3) is 3.44. The Morgan fingerprint density at radius 1 is 1.30 bits per heavy atom. The molecule has 20 heavy (non-hydrogen) atoms. The summed E-state index contributed by atoms with van der Waals surface area (Å²) in [5.41, 5.74) is 2.35. The van der Waals surface area contributed by atoms with Gasteiger partial charge in [0, 0.05) is 11.0 Å². The molecule has 0 fully saturated rings. The van der Waals surface area contributed by atoms with E-state index in [0.29, 0.717) is 17.1 Å². The van der Waals surface area contributed by atoms with Crippen LogP contribution in [0.15, 0.2) is 40.9 Å². The Labute approximate surface area is 131 Å². The zero-order valence-corrected chi connectivity index (χ0v) is 13.1. The van der Waals surface area contributed by atoms with Crippen molar-refractivity contribution in [2.24, 2.45) is 0 Å². The van der Waals surface area contributed by atoms with Gasteiger partial charge in [0.1, 0.15) is 5.75 Å². The van der Waals surface area contributed by atoms with E-state index in [-0.39, 0.29) is 0 Å². The molecule has 0 spiro atoms. The van der Waals surface area contributed by atoms with E-state index in [0.717, 1.165) is 21.5 Å². The topological polar surface area (TPSA) is 45.0 Å². The number of nitrogens with zero attached hydrogens (tertiary/aromatic N) is 1. The summed E-state index contributed by atoms with van der Waals surface area (Å²) in [6.07, 6.45) is 0. The number of anilines is 1. The zero-order chi connectivity index (χ0) is 14.5. The Bertz CT molecular complexity index is 667. The average molecular weight is 352 g/mol. The van der Waals surface area contributed by atoms with E-state index in [9.17, 15) is 0 Å². The maximum absolute atomic E-state index is 8.91. The Balaban J connectivity index is 2.18. The van der Waals surface area contributed by atoms with Crippen molar-refractivity contribution in [1.82, 2.24) is 0 Å². The van der Waals surface area contributed by atoms with Gasteiger partial charge in [-0.3, -0.25) is 0 Å². The van der Waals surface area contributed by atoms with Crippen LogP contribution in [0.2, 0.25) is 5.02 Å². The zero-order valence-electron chi connectivity index (χ0n) is 10.8. The highest BCUT2D eigenvalue weighted by Crippen LogP contribution is 2.26.